The lowest BCUT2D eigenvalue weighted by Gasteiger charge is -2.13. The van der Waals surface area contributed by atoms with Crippen molar-refractivity contribution in [3.8, 4) is 0 Å². The number of likely N-dealkylation sites (tertiary alicyclic amines) is 1. The Morgan fingerprint density at radius 1 is 1.53 bits per heavy atom. The van der Waals surface area contributed by atoms with Crippen LogP contribution in [0, 0.1) is 5.92 Å². The molecule has 2 N–H and O–H groups in total. The van der Waals surface area contributed by atoms with Gasteiger partial charge in [-0.3, -0.25) is 9.58 Å². The molecule has 0 radical (unpaired) electrons. The predicted octanol–water partition coefficient (Wildman–Crippen LogP) is 1.50. The molecule has 1 aromatic heterocycles. The molecule has 1 unspecified atom stereocenters. The highest BCUT2D eigenvalue weighted by Gasteiger charge is 2.21. The number of nitrogens with two attached hydrogens (primary N) is 1. The molecule has 0 amide bonds. The van der Waals surface area contributed by atoms with Crippen molar-refractivity contribution in [2.45, 2.75) is 32.9 Å². The molecule has 1 atom stereocenters. The molecule has 0 spiro atoms. The van der Waals surface area contributed by atoms with Crippen LogP contribution in [0.3, 0.4) is 0 Å². The van der Waals surface area contributed by atoms with Crippen LogP contribution in [0.25, 0.3) is 0 Å². The zero-order valence-corrected chi connectivity index (χ0v) is 11.3. The SMILES string of the molecule is CCCn1cc(CN2CCC(CN)C2)cn1.Cl. The van der Waals surface area contributed by atoms with Crippen molar-refractivity contribution in [3.63, 3.8) is 0 Å². The van der Waals surface area contributed by atoms with Crippen LogP contribution in [0.5, 0.6) is 0 Å². The van der Waals surface area contributed by atoms with Crippen LogP contribution in [-0.4, -0.2) is 34.3 Å². The molecule has 0 aromatic carbocycles. The summed E-state index contributed by atoms with van der Waals surface area (Å²) in [5.74, 6) is 0.700. The Morgan fingerprint density at radius 2 is 2.35 bits per heavy atom. The summed E-state index contributed by atoms with van der Waals surface area (Å²) in [4.78, 5) is 2.48. The predicted molar refractivity (Wildman–Crippen MR) is 72.2 cm³/mol. The molecule has 5 heteroatoms. The van der Waals surface area contributed by atoms with E-state index in [-0.39, 0.29) is 12.4 Å². The molecular weight excluding hydrogens is 236 g/mol. The zero-order valence-electron chi connectivity index (χ0n) is 10.5. The third kappa shape index (κ3) is 3.98. The fraction of sp³-hybridized carbons (Fsp3) is 0.750. The lowest BCUT2D eigenvalue weighted by molar-refractivity contribution is 0.318. The third-order valence-corrected chi connectivity index (χ3v) is 3.25. The first kappa shape index (κ1) is 14.5. The molecule has 4 nitrogen and oxygen atoms in total. The molecule has 1 aromatic rings. The van der Waals surface area contributed by atoms with E-state index in [0.29, 0.717) is 5.92 Å². The van der Waals surface area contributed by atoms with Crippen molar-refractivity contribution in [1.82, 2.24) is 14.7 Å². The molecule has 1 aliphatic heterocycles. The number of rotatable bonds is 5. The summed E-state index contributed by atoms with van der Waals surface area (Å²) in [7, 11) is 0. The Morgan fingerprint density at radius 3 is 3.00 bits per heavy atom. The van der Waals surface area contributed by atoms with Gasteiger partial charge in [0.05, 0.1) is 6.20 Å². The van der Waals surface area contributed by atoms with Crippen molar-refractivity contribution >= 4 is 12.4 Å². The Labute approximate surface area is 110 Å². The van der Waals surface area contributed by atoms with E-state index >= 15 is 0 Å². The Balaban J connectivity index is 0.00000144. The normalized spacial score (nSPS) is 20.5. The first-order valence-corrected chi connectivity index (χ1v) is 6.25. The van der Waals surface area contributed by atoms with Gasteiger partial charge in [0.25, 0.3) is 0 Å². The van der Waals surface area contributed by atoms with Gasteiger partial charge in [0.1, 0.15) is 0 Å². The summed E-state index contributed by atoms with van der Waals surface area (Å²) < 4.78 is 2.03. The van der Waals surface area contributed by atoms with Gasteiger partial charge in [-0.1, -0.05) is 6.92 Å². The minimum atomic E-state index is 0. The summed E-state index contributed by atoms with van der Waals surface area (Å²) >= 11 is 0. The van der Waals surface area contributed by atoms with Crippen molar-refractivity contribution < 1.29 is 0 Å². The number of nitrogens with zero attached hydrogens (tertiary/aromatic N) is 3. The van der Waals surface area contributed by atoms with Gasteiger partial charge in [-0.25, -0.2) is 0 Å². The average Bonchev–Trinajstić information content (AvgIpc) is 2.89. The summed E-state index contributed by atoms with van der Waals surface area (Å²) in [5, 5.41) is 4.35. The second-order valence-electron chi connectivity index (χ2n) is 4.74. The fourth-order valence-electron chi connectivity index (χ4n) is 2.35. The van der Waals surface area contributed by atoms with Gasteiger partial charge in [0.2, 0.25) is 0 Å². The molecule has 98 valence electrons. The van der Waals surface area contributed by atoms with Crippen LogP contribution in [0.2, 0.25) is 0 Å². The topological polar surface area (TPSA) is 47.1 Å². The highest BCUT2D eigenvalue weighted by molar-refractivity contribution is 5.85. The first-order chi connectivity index (χ1) is 7.81. The van der Waals surface area contributed by atoms with Gasteiger partial charge in [0, 0.05) is 31.4 Å². The lowest BCUT2D eigenvalue weighted by atomic mass is 10.1. The quantitative estimate of drug-likeness (QED) is 0.871. The van der Waals surface area contributed by atoms with Crippen molar-refractivity contribution in [2.24, 2.45) is 11.7 Å². The van der Waals surface area contributed by atoms with Crippen molar-refractivity contribution in [1.29, 1.82) is 0 Å². The number of aromatic nitrogens is 2. The van der Waals surface area contributed by atoms with Crippen molar-refractivity contribution in [2.75, 3.05) is 19.6 Å². The molecule has 2 heterocycles. The van der Waals surface area contributed by atoms with E-state index in [9.17, 15) is 0 Å². The van der Waals surface area contributed by atoms with Gasteiger partial charge in [-0.15, -0.1) is 12.4 Å². The Hall–Kier alpha value is -0.580. The monoisotopic (exact) mass is 258 g/mol. The molecule has 0 bridgehead atoms. The third-order valence-electron chi connectivity index (χ3n) is 3.25. The molecule has 1 aliphatic rings. The van der Waals surface area contributed by atoms with Crippen LogP contribution in [0.1, 0.15) is 25.3 Å². The van der Waals surface area contributed by atoms with Gasteiger partial charge >= 0.3 is 0 Å². The van der Waals surface area contributed by atoms with Crippen LogP contribution in [0.4, 0.5) is 0 Å². The Bertz CT molecular complexity index is 326. The van der Waals surface area contributed by atoms with Crippen LogP contribution >= 0.6 is 12.4 Å². The second kappa shape index (κ2) is 6.99. The minimum absolute atomic E-state index is 0. The van der Waals surface area contributed by atoms with Gasteiger partial charge in [0.15, 0.2) is 0 Å². The molecule has 0 aliphatic carbocycles. The van der Waals surface area contributed by atoms with E-state index in [1.54, 1.807) is 0 Å². The molecular formula is C12H23ClN4. The maximum atomic E-state index is 5.69. The minimum Gasteiger partial charge on any atom is -0.330 e. The van der Waals surface area contributed by atoms with E-state index in [4.69, 9.17) is 5.73 Å². The number of aryl methyl sites for hydroxylation is 1. The van der Waals surface area contributed by atoms with Gasteiger partial charge in [-0.2, -0.15) is 5.10 Å². The van der Waals surface area contributed by atoms with E-state index in [2.05, 4.69) is 23.1 Å². The highest BCUT2D eigenvalue weighted by atomic mass is 35.5. The highest BCUT2D eigenvalue weighted by Crippen LogP contribution is 2.17. The summed E-state index contributed by atoms with van der Waals surface area (Å²) in [5.41, 5.74) is 7.02. The first-order valence-electron chi connectivity index (χ1n) is 6.25. The molecule has 1 saturated heterocycles. The van der Waals surface area contributed by atoms with Gasteiger partial charge in [-0.05, 0) is 31.8 Å². The zero-order chi connectivity index (χ0) is 11.4. The van der Waals surface area contributed by atoms with E-state index in [1.165, 1.54) is 18.5 Å². The van der Waals surface area contributed by atoms with E-state index in [0.717, 1.165) is 32.6 Å². The molecule has 2 rings (SSSR count). The fourth-order valence-corrected chi connectivity index (χ4v) is 2.35. The molecule has 1 fully saturated rings. The molecule has 17 heavy (non-hydrogen) atoms. The molecule has 0 saturated carbocycles. The standard InChI is InChI=1S/C12H22N4.ClH/c1-2-4-16-10-12(7-14-16)9-15-5-3-11(6-13)8-15;/h7,10-11H,2-6,8-9,13H2,1H3;1H. The van der Waals surface area contributed by atoms with Crippen molar-refractivity contribution in [3.05, 3.63) is 18.0 Å². The maximum absolute atomic E-state index is 5.69. The summed E-state index contributed by atoms with van der Waals surface area (Å²) in [6.07, 6.45) is 6.55. The Kier molecular flexibility index (Phi) is 5.95. The van der Waals surface area contributed by atoms with Crippen LogP contribution < -0.4 is 5.73 Å². The summed E-state index contributed by atoms with van der Waals surface area (Å²) in [6, 6.07) is 0. The number of halogens is 1. The van der Waals surface area contributed by atoms with Crippen LogP contribution in [0.15, 0.2) is 12.4 Å². The summed E-state index contributed by atoms with van der Waals surface area (Å²) in [6.45, 7) is 7.38. The maximum Gasteiger partial charge on any atom is 0.0534 e. The largest absolute Gasteiger partial charge is 0.330 e. The average molecular weight is 259 g/mol. The smallest absolute Gasteiger partial charge is 0.0534 e. The number of hydrogen-bond acceptors (Lipinski definition) is 3. The van der Waals surface area contributed by atoms with E-state index < -0.39 is 0 Å². The second-order valence-corrected chi connectivity index (χ2v) is 4.74. The lowest BCUT2D eigenvalue weighted by Crippen LogP contribution is -2.22. The van der Waals surface area contributed by atoms with E-state index in [1.807, 2.05) is 10.9 Å². The van der Waals surface area contributed by atoms with Crippen LogP contribution in [-0.2, 0) is 13.1 Å². The number of hydrogen-bond donors (Lipinski definition) is 1. The van der Waals surface area contributed by atoms with Gasteiger partial charge < -0.3 is 5.73 Å².